The number of nitrogens with one attached hydrogen (secondary N) is 1. The van der Waals surface area contributed by atoms with E-state index in [1.54, 1.807) is 0 Å². The van der Waals surface area contributed by atoms with Crippen molar-refractivity contribution in [2.75, 3.05) is 13.1 Å². The predicted molar refractivity (Wildman–Crippen MR) is 68.3 cm³/mol. The Morgan fingerprint density at radius 3 is 2.83 bits per heavy atom. The molecule has 0 radical (unpaired) electrons. The van der Waals surface area contributed by atoms with Crippen LogP contribution in [0, 0.1) is 13.8 Å². The Bertz CT molecular complexity index is 422. The van der Waals surface area contributed by atoms with Gasteiger partial charge in [-0.15, -0.1) is 0 Å². The van der Waals surface area contributed by atoms with Gasteiger partial charge in [0.05, 0.1) is 12.1 Å². The minimum absolute atomic E-state index is 0.158. The van der Waals surface area contributed by atoms with Crippen molar-refractivity contribution in [2.24, 2.45) is 0 Å². The Kier molecular flexibility index (Phi) is 3.71. The molecule has 0 aromatic carbocycles. The highest BCUT2D eigenvalue weighted by atomic mass is 16.5. The third-order valence-corrected chi connectivity index (χ3v) is 3.59. The molecular weight excluding hydrogens is 230 g/mol. The normalized spacial score (nSPS) is 24.3. The largest absolute Gasteiger partial charge is 0.361 e. The van der Waals surface area contributed by atoms with Crippen LogP contribution in [0.25, 0.3) is 0 Å². The molecule has 18 heavy (non-hydrogen) atoms. The standard InChI is InChI=1S/C13H21N3O2/c1-8-7-16(9(2)6-14-8)13(17)5-12-10(3)15-18-11(12)4/h8-9,14H,5-7H2,1-4H3. The zero-order valence-electron chi connectivity index (χ0n) is 11.5. The molecule has 5 nitrogen and oxygen atoms in total. The molecule has 2 atom stereocenters. The summed E-state index contributed by atoms with van der Waals surface area (Å²) in [5, 5.41) is 7.26. The minimum Gasteiger partial charge on any atom is -0.361 e. The number of hydrogen-bond acceptors (Lipinski definition) is 4. The van der Waals surface area contributed by atoms with Crippen LogP contribution < -0.4 is 5.32 Å². The first-order chi connectivity index (χ1) is 8.49. The van der Waals surface area contributed by atoms with Crippen LogP contribution in [0.5, 0.6) is 0 Å². The third-order valence-electron chi connectivity index (χ3n) is 3.59. The molecule has 2 unspecified atom stereocenters. The quantitative estimate of drug-likeness (QED) is 0.853. The van der Waals surface area contributed by atoms with E-state index in [2.05, 4.69) is 24.3 Å². The highest BCUT2D eigenvalue weighted by Crippen LogP contribution is 2.16. The van der Waals surface area contributed by atoms with E-state index in [0.29, 0.717) is 12.5 Å². The molecule has 1 aliphatic rings. The number of aromatic nitrogens is 1. The van der Waals surface area contributed by atoms with E-state index in [1.165, 1.54) is 0 Å². The minimum atomic E-state index is 0.158. The van der Waals surface area contributed by atoms with Crippen LogP contribution in [0.3, 0.4) is 0 Å². The van der Waals surface area contributed by atoms with E-state index in [-0.39, 0.29) is 11.9 Å². The second-order valence-electron chi connectivity index (χ2n) is 5.18. The van der Waals surface area contributed by atoms with Gasteiger partial charge in [0.1, 0.15) is 5.76 Å². The van der Waals surface area contributed by atoms with E-state index in [4.69, 9.17) is 4.52 Å². The molecule has 2 rings (SSSR count). The lowest BCUT2D eigenvalue weighted by Crippen LogP contribution is -2.56. The van der Waals surface area contributed by atoms with Gasteiger partial charge >= 0.3 is 0 Å². The Balaban J connectivity index is 2.07. The second-order valence-corrected chi connectivity index (χ2v) is 5.18. The molecule has 1 aromatic rings. The van der Waals surface area contributed by atoms with Crippen molar-refractivity contribution in [3.63, 3.8) is 0 Å². The number of hydrogen-bond donors (Lipinski definition) is 1. The highest BCUT2D eigenvalue weighted by Gasteiger charge is 2.27. The zero-order chi connectivity index (χ0) is 13.3. The third kappa shape index (κ3) is 2.56. The van der Waals surface area contributed by atoms with E-state index in [0.717, 1.165) is 30.1 Å². The molecule has 1 N–H and O–H groups in total. The smallest absolute Gasteiger partial charge is 0.227 e. The Morgan fingerprint density at radius 1 is 1.50 bits per heavy atom. The average molecular weight is 251 g/mol. The molecule has 1 saturated heterocycles. The molecule has 1 aromatic heterocycles. The van der Waals surface area contributed by atoms with Crippen molar-refractivity contribution in [1.29, 1.82) is 0 Å². The number of carbonyl (C=O) groups excluding carboxylic acids is 1. The summed E-state index contributed by atoms with van der Waals surface area (Å²) in [6, 6.07) is 0.601. The zero-order valence-corrected chi connectivity index (χ0v) is 11.5. The number of carbonyl (C=O) groups is 1. The molecule has 0 aliphatic carbocycles. The van der Waals surface area contributed by atoms with Crippen LogP contribution in [0.15, 0.2) is 4.52 Å². The number of aryl methyl sites for hydroxylation is 2. The lowest BCUT2D eigenvalue weighted by molar-refractivity contribution is -0.133. The molecule has 0 saturated carbocycles. The molecule has 5 heteroatoms. The van der Waals surface area contributed by atoms with Crippen molar-refractivity contribution in [1.82, 2.24) is 15.4 Å². The number of rotatable bonds is 2. The lowest BCUT2D eigenvalue weighted by atomic mass is 10.1. The summed E-state index contributed by atoms with van der Waals surface area (Å²) in [4.78, 5) is 14.3. The first-order valence-corrected chi connectivity index (χ1v) is 6.43. The van der Waals surface area contributed by atoms with Crippen LogP contribution in [-0.4, -0.2) is 41.1 Å². The Morgan fingerprint density at radius 2 is 2.22 bits per heavy atom. The molecule has 100 valence electrons. The fourth-order valence-corrected chi connectivity index (χ4v) is 2.38. The summed E-state index contributed by atoms with van der Waals surface area (Å²) in [6.45, 7) is 9.53. The van der Waals surface area contributed by atoms with Gasteiger partial charge in [0.25, 0.3) is 0 Å². The number of nitrogens with zero attached hydrogens (tertiary/aromatic N) is 2. The van der Waals surface area contributed by atoms with Gasteiger partial charge in [-0.25, -0.2) is 0 Å². The van der Waals surface area contributed by atoms with Gasteiger partial charge in [-0.3, -0.25) is 4.79 Å². The molecule has 1 aliphatic heterocycles. The summed E-state index contributed by atoms with van der Waals surface area (Å²) in [5.74, 6) is 0.905. The van der Waals surface area contributed by atoms with Gasteiger partial charge in [-0.2, -0.15) is 0 Å². The number of amides is 1. The SMILES string of the molecule is Cc1noc(C)c1CC(=O)N1CC(C)NCC1C. The van der Waals surface area contributed by atoms with Crippen LogP contribution in [0.4, 0.5) is 0 Å². The van der Waals surface area contributed by atoms with Crippen LogP contribution in [-0.2, 0) is 11.2 Å². The van der Waals surface area contributed by atoms with Gasteiger partial charge in [0.2, 0.25) is 5.91 Å². The van der Waals surface area contributed by atoms with Crippen LogP contribution >= 0.6 is 0 Å². The second kappa shape index (κ2) is 5.10. The molecule has 2 heterocycles. The fraction of sp³-hybridized carbons (Fsp3) is 0.692. The van der Waals surface area contributed by atoms with Gasteiger partial charge in [0, 0.05) is 30.7 Å². The maximum absolute atomic E-state index is 12.4. The Labute approximate surface area is 108 Å². The van der Waals surface area contributed by atoms with Gasteiger partial charge in [0.15, 0.2) is 0 Å². The maximum atomic E-state index is 12.4. The molecule has 1 amide bonds. The first kappa shape index (κ1) is 13.1. The van der Waals surface area contributed by atoms with Crippen LogP contribution in [0.2, 0.25) is 0 Å². The summed E-state index contributed by atoms with van der Waals surface area (Å²) in [7, 11) is 0. The van der Waals surface area contributed by atoms with Crippen LogP contribution in [0.1, 0.15) is 30.9 Å². The average Bonchev–Trinajstić information content (AvgIpc) is 2.64. The van der Waals surface area contributed by atoms with E-state index >= 15 is 0 Å². The van der Waals surface area contributed by atoms with Crippen molar-refractivity contribution in [3.8, 4) is 0 Å². The van der Waals surface area contributed by atoms with E-state index < -0.39 is 0 Å². The van der Waals surface area contributed by atoms with Crippen molar-refractivity contribution >= 4 is 5.91 Å². The summed E-state index contributed by atoms with van der Waals surface area (Å²) in [5.41, 5.74) is 1.75. The summed E-state index contributed by atoms with van der Waals surface area (Å²) >= 11 is 0. The number of piperazine rings is 1. The van der Waals surface area contributed by atoms with Gasteiger partial charge < -0.3 is 14.7 Å². The van der Waals surface area contributed by atoms with Crippen molar-refractivity contribution in [2.45, 2.75) is 46.2 Å². The highest BCUT2D eigenvalue weighted by molar-refractivity contribution is 5.79. The molecule has 0 spiro atoms. The lowest BCUT2D eigenvalue weighted by Gasteiger charge is -2.37. The van der Waals surface area contributed by atoms with E-state index in [9.17, 15) is 4.79 Å². The van der Waals surface area contributed by atoms with E-state index in [1.807, 2.05) is 18.7 Å². The molecule has 1 fully saturated rings. The topological polar surface area (TPSA) is 58.4 Å². The predicted octanol–water partition coefficient (Wildman–Crippen LogP) is 1.04. The molecule has 0 bridgehead atoms. The first-order valence-electron chi connectivity index (χ1n) is 6.43. The monoisotopic (exact) mass is 251 g/mol. The summed E-state index contributed by atoms with van der Waals surface area (Å²) in [6.07, 6.45) is 0.387. The van der Waals surface area contributed by atoms with Gasteiger partial charge in [-0.1, -0.05) is 5.16 Å². The summed E-state index contributed by atoms with van der Waals surface area (Å²) < 4.78 is 5.10. The molecular formula is C13H21N3O2. The van der Waals surface area contributed by atoms with Crippen molar-refractivity contribution in [3.05, 3.63) is 17.0 Å². The van der Waals surface area contributed by atoms with Gasteiger partial charge in [-0.05, 0) is 27.7 Å². The van der Waals surface area contributed by atoms with Crippen molar-refractivity contribution < 1.29 is 9.32 Å². The maximum Gasteiger partial charge on any atom is 0.227 e. The Hall–Kier alpha value is -1.36. The fourth-order valence-electron chi connectivity index (χ4n) is 2.38.